The number of nitrogens with one attached hydrogen (secondary N) is 2. The Kier molecular flexibility index (Phi) is 6.67. The van der Waals surface area contributed by atoms with Gasteiger partial charge in [-0.15, -0.1) is 0 Å². The maximum Gasteiger partial charge on any atom is 0.224 e. The Morgan fingerprint density at radius 1 is 1.12 bits per heavy atom. The van der Waals surface area contributed by atoms with Crippen LogP contribution in [-0.2, 0) is 4.79 Å². The zero-order valence-corrected chi connectivity index (χ0v) is 19.8. The van der Waals surface area contributed by atoms with E-state index < -0.39 is 0 Å². The van der Waals surface area contributed by atoms with Crippen molar-refractivity contribution in [2.24, 2.45) is 5.92 Å². The fourth-order valence-corrected chi connectivity index (χ4v) is 5.05. The van der Waals surface area contributed by atoms with Crippen molar-refractivity contribution >= 4 is 28.6 Å². The quantitative estimate of drug-likeness (QED) is 0.587. The first-order chi connectivity index (χ1) is 16.6. The molecular formula is C26H33FN6O. The van der Waals surface area contributed by atoms with Gasteiger partial charge in [0, 0.05) is 52.4 Å². The van der Waals surface area contributed by atoms with Gasteiger partial charge in [-0.25, -0.2) is 9.37 Å². The predicted octanol–water partition coefficient (Wildman–Crippen LogP) is 3.17. The largest absolute Gasteiger partial charge is 0.367 e. The first-order valence-electron chi connectivity index (χ1n) is 12.3. The second-order valence-corrected chi connectivity index (χ2v) is 9.44. The molecule has 0 saturated carbocycles. The molecule has 2 aliphatic rings. The molecule has 0 radical (unpaired) electrons. The van der Waals surface area contributed by atoms with Crippen molar-refractivity contribution in [2.45, 2.75) is 19.8 Å². The summed E-state index contributed by atoms with van der Waals surface area (Å²) in [5, 5.41) is 3.15. The lowest BCUT2D eigenvalue weighted by atomic mass is 9.97. The van der Waals surface area contributed by atoms with Crippen LogP contribution >= 0.6 is 0 Å². The van der Waals surface area contributed by atoms with Gasteiger partial charge in [-0.3, -0.25) is 9.69 Å². The molecule has 3 aromatic rings. The zero-order valence-electron chi connectivity index (χ0n) is 19.8. The number of anilines is 2. The number of aromatic nitrogens is 2. The van der Waals surface area contributed by atoms with E-state index in [1.807, 2.05) is 18.2 Å². The van der Waals surface area contributed by atoms with Crippen LogP contribution in [0.1, 0.15) is 18.4 Å². The lowest BCUT2D eigenvalue weighted by molar-refractivity contribution is -0.125. The SMILES string of the molecule is Cc1ccc2nc(N3CCC[C@@H](C(=O)NCCN4CCN(c5ccccc5F)CC4)C3)[nH]c2c1. The number of para-hydroxylation sites is 1. The standard InChI is InChI=1S/C26H33FN6O/c1-19-8-9-22-23(17-19)30-26(29-22)33-11-4-5-20(18-33)25(34)28-10-12-31-13-15-32(16-14-31)24-7-3-2-6-21(24)27/h2-3,6-9,17,20H,4-5,10-16,18H2,1H3,(H,28,34)(H,29,30)/t20-/m1/s1. The molecular weight excluding hydrogens is 431 g/mol. The number of hydrogen-bond donors (Lipinski definition) is 2. The molecule has 0 spiro atoms. The Bertz CT molecular complexity index is 1140. The monoisotopic (exact) mass is 464 g/mol. The van der Waals surface area contributed by atoms with Crippen molar-refractivity contribution in [1.82, 2.24) is 20.2 Å². The molecule has 0 aliphatic carbocycles. The van der Waals surface area contributed by atoms with Crippen molar-refractivity contribution in [3.05, 3.63) is 53.8 Å². The molecule has 7 nitrogen and oxygen atoms in total. The van der Waals surface area contributed by atoms with E-state index in [0.717, 1.165) is 69.1 Å². The van der Waals surface area contributed by atoms with E-state index in [-0.39, 0.29) is 17.6 Å². The molecule has 0 bridgehead atoms. The van der Waals surface area contributed by atoms with E-state index in [1.54, 1.807) is 6.07 Å². The molecule has 180 valence electrons. The highest BCUT2D eigenvalue weighted by Crippen LogP contribution is 2.24. The third-order valence-corrected chi connectivity index (χ3v) is 7.01. The number of fused-ring (bicyclic) bond motifs is 1. The number of halogens is 1. The Labute approximate surface area is 199 Å². The minimum atomic E-state index is -0.164. The second kappa shape index (κ2) is 10.0. The van der Waals surface area contributed by atoms with Crippen LogP contribution in [0, 0.1) is 18.7 Å². The highest BCUT2D eigenvalue weighted by molar-refractivity contribution is 5.80. The fraction of sp³-hybridized carbons (Fsp3) is 0.462. The van der Waals surface area contributed by atoms with E-state index in [9.17, 15) is 9.18 Å². The Hall–Kier alpha value is -3.13. The van der Waals surface area contributed by atoms with Gasteiger partial charge in [0.15, 0.2) is 0 Å². The first kappa shape index (κ1) is 22.7. The number of benzene rings is 2. The predicted molar refractivity (Wildman–Crippen MR) is 134 cm³/mol. The number of imidazole rings is 1. The van der Waals surface area contributed by atoms with Crippen LogP contribution in [0.3, 0.4) is 0 Å². The van der Waals surface area contributed by atoms with E-state index in [0.29, 0.717) is 18.8 Å². The Morgan fingerprint density at radius 2 is 1.94 bits per heavy atom. The van der Waals surface area contributed by atoms with Crippen molar-refractivity contribution in [3.8, 4) is 0 Å². The number of piperazine rings is 1. The molecule has 1 amide bonds. The average molecular weight is 465 g/mol. The number of aryl methyl sites for hydroxylation is 1. The first-order valence-corrected chi connectivity index (χ1v) is 12.3. The van der Waals surface area contributed by atoms with Gasteiger partial charge in [0.1, 0.15) is 5.82 Å². The number of amides is 1. The number of hydrogen-bond acceptors (Lipinski definition) is 5. The van der Waals surface area contributed by atoms with Crippen molar-refractivity contribution < 1.29 is 9.18 Å². The topological polar surface area (TPSA) is 67.5 Å². The van der Waals surface area contributed by atoms with Gasteiger partial charge in [-0.1, -0.05) is 18.2 Å². The van der Waals surface area contributed by atoms with E-state index in [1.165, 1.54) is 11.6 Å². The maximum atomic E-state index is 14.0. The summed E-state index contributed by atoms with van der Waals surface area (Å²) >= 11 is 0. The fourth-order valence-electron chi connectivity index (χ4n) is 5.05. The molecule has 5 rings (SSSR count). The van der Waals surface area contributed by atoms with Gasteiger partial charge in [-0.2, -0.15) is 0 Å². The van der Waals surface area contributed by atoms with Crippen LogP contribution in [0.5, 0.6) is 0 Å². The number of H-pyrrole nitrogens is 1. The Balaban J connectivity index is 1.08. The van der Waals surface area contributed by atoms with Gasteiger partial charge < -0.3 is 20.1 Å². The van der Waals surface area contributed by atoms with Crippen LogP contribution in [0.4, 0.5) is 16.0 Å². The molecule has 2 aromatic carbocycles. The number of carbonyl (C=O) groups is 1. The number of piperidine rings is 1. The van der Waals surface area contributed by atoms with Gasteiger partial charge in [-0.05, 0) is 49.6 Å². The molecule has 2 fully saturated rings. The van der Waals surface area contributed by atoms with Crippen molar-refractivity contribution in [2.75, 3.05) is 62.2 Å². The lowest BCUT2D eigenvalue weighted by Gasteiger charge is -2.36. The summed E-state index contributed by atoms with van der Waals surface area (Å²) in [6.07, 6.45) is 1.88. The summed E-state index contributed by atoms with van der Waals surface area (Å²) in [4.78, 5) is 27.7. The normalized spacial score (nSPS) is 19.5. The van der Waals surface area contributed by atoms with Crippen LogP contribution in [0.2, 0.25) is 0 Å². The molecule has 0 unspecified atom stereocenters. The van der Waals surface area contributed by atoms with Crippen LogP contribution < -0.4 is 15.1 Å². The zero-order chi connectivity index (χ0) is 23.5. The summed E-state index contributed by atoms with van der Waals surface area (Å²) in [6, 6.07) is 13.2. The minimum Gasteiger partial charge on any atom is -0.367 e. The average Bonchev–Trinajstić information content (AvgIpc) is 3.28. The molecule has 3 heterocycles. The van der Waals surface area contributed by atoms with Crippen molar-refractivity contribution in [3.63, 3.8) is 0 Å². The van der Waals surface area contributed by atoms with E-state index in [2.05, 4.69) is 44.1 Å². The van der Waals surface area contributed by atoms with Crippen LogP contribution in [-0.4, -0.2) is 73.1 Å². The van der Waals surface area contributed by atoms with Crippen LogP contribution in [0.25, 0.3) is 11.0 Å². The lowest BCUT2D eigenvalue weighted by Crippen LogP contribution is -2.49. The molecule has 1 atom stereocenters. The third-order valence-electron chi connectivity index (χ3n) is 7.01. The van der Waals surface area contributed by atoms with E-state index in [4.69, 9.17) is 4.98 Å². The van der Waals surface area contributed by atoms with Gasteiger partial charge >= 0.3 is 0 Å². The molecule has 2 N–H and O–H groups in total. The highest BCUT2D eigenvalue weighted by atomic mass is 19.1. The van der Waals surface area contributed by atoms with E-state index >= 15 is 0 Å². The van der Waals surface area contributed by atoms with Crippen LogP contribution in [0.15, 0.2) is 42.5 Å². The van der Waals surface area contributed by atoms with Gasteiger partial charge in [0.2, 0.25) is 11.9 Å². The maximum absolute atomic E-state index is 14.0. The summed E-state index contributed by atoms with van der Waals surface area (Å²) in [5.41, 5.74) is 3.88. The van der Waals surface area contributed by atoms with Gasteiger partial charge in [0.05, 0.1) is 22.6 Å². The summed E-state index contributed by atoms with van der Waals surface area (Å²) in [7, 11) is 0. The second-order valence-electron chi connectivity index (χ2n) is 9.44. The molecule has 8 heteroatoms. The summed E-state index contributed by atoms with van der Waals surface area (Å²) < 4.78 is 14.0. The summed E-state index contributed by atoms with van der Waals surface area (Å²) in [6.45, 7) is 8.45. The molecule has 34 heavy (non-hydrogen) atoms. The van der Waals surface area contributed by atoms with Crippen molar-refractivity contribution in [1.29, 1.82) is 0 Å². The third kappa shape index (κ3) is 5.01. The molecule has 2 saturated heterocycles. The Morgan fingerprint density at radius 3 is 2.76 bits per heavy atom. The number of carbonyl (C=O) groups excluding carboxylic acids is 1. The molecule has 2 aliphatic heterocycles. The number of rotatable bonds is 6. The number of aromatic amines is 1. The molecule has 1 aromatic heterocycles. The smallest absolute Gasteiger partial charge is 0.224 e. The summed E-state index contributed by atoms with van der Waals surface area (Å²) in [5.74, 6) is 0.788. The number of nitrogens with zero attached hydrogens (tertiary/aromatic N) is 4. The highest BCUT2D eigenvalue weighted by Gasteiger charge is 2.27. The minimum absolute atomic E-state index is 0.0263. The van der Waals surface area contributed by atoms with Gasteiger partial charge in [0.25, 0.3) is 0 Å².